The van der Waals surface area contributed by atoms with E-state index in [-0.39, 0.29) is 24.1 Å². The van der Waals surface area contributed by atoms with Gasteiger partial charge < -0.3 is 9.64 Å². The lowest BCUT2D eigenvalue weighted by atomic mass is 9.94. The molecule has 0 radical (unpaired) electrons. The van der Waals surface area contributed by atoms with Gasteiger partial charge in [0.2, 0.25) is 5.91 Å². The molecule has 0 aliphatic carbocycles. The van der Waals surface area contributed by atoms with Crippen LogP contribution in [0.3, 0.4) is 0 Å². The van der Waals surface area contributed by atoms with Gasteiger partial charge >= 0.3 is 0 Å². The van der Waals surface area contributed by atoms with Gasteiger partial charge in [0, 0.05) is 30.8 Å². The van der Waals surface area contributed by atoms with Crippen LogP contribution in [0.15, 0.2) is 60.9 Å². The van der Waals surface area contributed by atoms with Crippen molar-refractivity contribution < 1.29 is 13.9 Å². The van der Waals surface area contributed by atoms with Gasteiger partial charge in [-0.3, -0.25) is 9.78 Å². The van der Waals surface area contributed by atoms with Gasteiger partial charge in [-0.15, -0.1) is 0 Å². The van der Waals surface area contributed by atoms with Crippen LogP contribution in [-0.2, 0) is 11.2 Å². The highest BCUT2D eigenvalue weighted by molar-refractivity contribution is 5.79. The van der Waals surface area contributed by atoms with Gasteiger partial charge in [-0.25, -0.2) is 9.37 Å². The molecule has 0 bridgehead atoms. The number of amides is 1. The summed E-state index contributed by atoms with van der Waals surface area (Å²) in [5, 5.41) is 0. The average molecular weight is 405 g/mol. The van der Waals surface area contributed by atoms with Crippen LogP contribution < -0.4 is 4.74 Å². The third kappa shape index (κ3) is 4.64. The summed E-state index contributed by atoms with van der Waals surface area (Å²) >= 11 is 0. The molecule has 5 nitrogen and oxygen atoms in total. The van der Waals surface area contributed by atoms with Crippen LogP contribution in [0, 0.1) is 5.82 Å². The second-order valence-electron chi connectivity index (χ2n) is 7.54. The Bertz CT molecular complexity index is 1020. The molecule has 1 aliphatic heterocycles. The number of aromatic nitrogens is 2. The highest BCUT2D eigenvalue weighted by Gasteiger charge is 2.26. The smallest absolute Gasteiger partial charge is 0.227 e. The van der Waals surface area contributed by atoms with Gasteiger partial charge in [0.15, 0.2) is 0 Å². The SMILES string of the molecule is COc1cccc(-c2cncc([C@H]3CCCN(C(=O)Cc4ccc(F)cc4)C3)n2)c1. The second kappa shape index (κ2) is 9.03. The van der Waals surface area contributed by atoms with Crippen molar-refractivity contribution in [2.45, 2.75) is 25.2 Å². The zero-order valence-corrected chi connectivity index (χ0v) is 16.9. The zero-order valence-electron chi connectivity index (χ0n) is 16.9. The van der Waals surface area contributed by atoms with Crippen molar-refractivity contribution in [1.82, 2.24) is 14.9 Å². The van der Waals surface area contributed by atoms with E-state index in [1.807, 2.05) is 29.2 Å². The molecule has 154 valence electrons. The van der Waals surface area contributed by atoms with Gasteiger partial charge in [0.1, 0.15) is 11.6 Å². The van der Waals surface area contributed by atoms with Crippen LogP contribution in [0.25, 0.3) is 11.3 Å². The average Bonchev–Trinajstić information content (AvgIpc) is 2.81. The summed E-state index contributed by atoms with van der Waals surface area (Å²) in [5.74, 6) is 0.686. The van der Waals surface area contributed by atoms with Crippen LogP contribution >= 0.6 is 0 Å². The van der Waals surface area contributed by atoms with Crippen molar-refractivity contribution in [3.05, 3.63) is 78.0 Å². The number of piperidine rings is 1. The Morgan fingerprint density at radius 1 is 1.20 bits per heavy atom. The number of nitrogens with zero attached hydrogens (tertiary/aromatic N) is 3. The molecule has 4 rings (SSSR count). The Morgan fingerprint density at radius 3 is 2.83 bits per heavy atom. The fourth-order valence-corrected chi connectivity index (χ4v) is 3.83. The summed E-state index contributed by atoms with van der Waals surface area (Å²) in [5.41, 5.74) is 3.46. The van der Waals surface area contributed by atoms with Gasteiger partial charge in [-0.1, -0.05) is 24.3 Å². The van der Waals surface area contributed by atoms with E-state index in [9.17, 15) is 9.18 Å². The minimum atomic E-state index is -0.293. The van der Waals surface area contributed by atoms with E-state index in [0.717, 1.165) is 47.7 Å². The summed E-state index contributed by atoms with van der Waals surface area (Å²) in [6.45, 7) is 1.36. The third-order valence-electron chi connectivity index (χ3n) is 5.48. The Labute approximate surface area is 175 Å². The van der Waals surface area contributed by atoms with Gasteiger partial charge in [0.05, 0.1) is 31.1 Å². The van der Waals surface area contributed by atoms with E-state index in [1.165, 1.54) is 12.1 Å². The number of carbonyl (C=O) groups is 1. The minimum absolute atomic E-state index is 0.0585. The fourth-order valence-electron chi connectivity index (χ4n) is 3.83. The molecule has 0 saturated carbocycles. The third-order valence-corrected chi connectivity index (χ3v) is 5.48. The first kappa shape index (κ1) is 20.0. The van der Waals surface area contributed by atoms with E-state index in [2.05, 4.69) is 4.98 Å². The maximum atomic E-state index is 13.1. The first-order valence-corrected chi connectivity index (χ1v) is 10.1. The maximum absolute atomic E-state index is 13.1. The number of hydrogen-bond acceptors (Lipinski definition) is 4. The molecule has 1 aliphatic rings. The van der Waals surface area contributed by atoms with Gasteiger partial charge in [-0.05, 0) is 42.7 Å². The molecule has 0 N–H and O–H groups in total. The standard InChI is InChI=1S/C24H24FN3O2/c1-30-21-6-2-4-18(13-21)22-14-26-15-23(27-22)19-5-3-11-28(16-19)24(29)12-17-7-9-20(25)10-8-17/h2,4,6-10,13-15,19H,3,5,11-12,16H2,1H3/t19-/m0/s1. The number of carbonyl (C=O) groups excluding carboxylic acids is 1. The number of benzene rings is 2. The molecule has 1 aromatic heterocycles. The molecule has 0 unspecified atom stereocenters. The molecule has 3 aromatic rings. The largest absolute Gasteiger partial charge is 0.497 e. The zero-order chi connectivity index (χ0) is 20.9. The number of halogens is 1. The summed E-state index contributed by atoms with van der Waals surface area (Å²) in [6, 6.07) is 13.9. The normalized spacial score (nSPS) is 16.3. The molecule has 1 atom stereocenters. The van der Waals surface area contributed by atoms with Gasteiger partial charge in [0.25, 0.3) is 0 Å². The van der Waals surface area contributed by atoms with E-state index in [4.69, 9.17) is 9.72 Å². The minimum Gasteiger partial charge on any atom is -0.497 e. The Hall–Kier alpha value is -3.28. The highest BCUT2D eigenvalue weighted by Crippen LogP contribution is 2.28. The van der Waals surface area contributed by atoms with Crippen molar-refractivity contribution in [3.63, 3.8) is 0 Å². The predicted octanol–water partition coefficient (Wildman–Crippen LogP) is 4.24. The molecule has 1 amide bonds. The van der Waals surface area contributed by atoms with Crippen molar-refractivity contribution in [2.24, 2.45) is 0 Å². The lowest BCUT2D eigenvalue weighted by molar-refractivity contribution is -0.131. The number of methoxy groups -OCH3 is 1. The maximum Gasteiger partial charge on any atom is 0.227 e. The predicted molar refractivity (Wildman–Crippen MR) is 113 cm³/mol. The highest BCUT2D eigenvalue weighted by atomic mass is 19.1. The molecular formula is C24H24FN3O2. The second-order valence-corrected chi connectivity index (χ2v) is 7.54. The summed E-state index contributed by atoms with van der Waals surface area (Å²) in [4.78, 5) is 23.9. The van der Waals surface area contributed by atoms with Crippen molar-refractivity contribution >= 4 is 5.91 Å². The lowest BCUT2D eigenvalue weighted by Crippen LogP contribution is -2.40. The van der Waals surface area contributed by atoms with Crippen molar-refractivity contribution in [2.75, 3.05) is 20.2 Å². The van der Waals surface area contributed by atoms with Crippen LogP contribution in [0.4, 0.5) is 4.39 Å². The molecule has 1 saturated heterocycles. The first-order chi connectivity index (χ1) is 14.6. The Morgan fingerprint density at radius 2 is 2.03 bits per heavy atom. The van der Waals surface area contributed by atoms with Crippen LogP contribution in [0.5, 0.6) is 5.75 Å². The summed E-state index contributed by atoms with van der Waals surface area (Å²) < 4.78 is 18.4. The molecular weight excluding hydrogens is 381 g/mol. The molecule has 1 fully saturated rings. The van der Waals surface area contributed by atoms with E-state index in [1.54, 1.807) is 31.6 Å². The first-order valence-electron chi connectivity index (χ1n) is 10.1. The summed E-state index contributed by atoms with van der Waals surface area (Å²) in [7, 11) is 1.64. The van der Waals surface area contributed by atoms with E-state index >= 15 is 0 Å². The topological polar surface area (TPSA) is 55.3 Å². The molecule has 2 aromatic carbocycles. The van der Waals surface area contributed by atoms with Crippen LogP contribution in [0.1, 0.15) is 30.0 Å². The Kier molecular flexibility index (Phi) is 6.02. The molecule has 0 spiro atoms. The van der Waals surface area contributed by atoms with Crippen LogP contribution in [0.2, 0.25) is 0 Å². The molecule has 30 heavy (non-hydrogen) atoms. The van der Waals surface area contributed by atoms with Crippen LogP contribution in [-0.4, -0.2) is 41.0 Å². The molecule has 2 heterocycles. The molecule has 6 heteroatoms. The fraction of sp³-hybridized carbons (Fsp3) is 0.292. The number of ether oxygens (including phenoxy) is 1. The van der Waals surface area contributed by atoms with Crippen molar-refractivity contribution in [3.8, 4) is 17.0 Å². The number of hydrogen-bond donors (Lipinski definition) is 0. The number of likely N-dealkylation sites (tertiary alicyclic amines) is 1. The number of rotatable bonds is 5. The summed E-state index contributed by atoms with van der Waals surface area (Å²) in [6.07, 6.45) is 5.71. The van der Waals surface area contributed by atoms with E-state index < -0.39 is 0 Å². The van der Waals surface area contributed by atoms with Gasteiger partial charge in [-0.2, -0.15) is 0 Å². The Balaban J connectivity index is 1.47. The lowest BCUT2D eigenvalue weighted by Gasteiger charge is -2.32. The monoisotopic (exact) mass is 405 g/mol. The van der Waals surface area contributed by atoms with Crippen molar-refractivity contribution in [1.29, 1.82) is 0 Å². The quantitative estimate of drug-likeness (QED) is 0.637. The van der Waals surface area contributed by atoms with E-state index in [0.29, 0.717) is 6.54 Å².